The Morgan fingerprint density at radius 2 is 1.12 bits per heavy atom. The van der Waals surface area contributed by atoms with Crippen LogP contribution in [0.4, 0.5) is 0 Å². The van der Waals surface area contributed by atoms with Gasteiger partial charge < -0.3 is 10.2 Å². The number of aromatic nitrogens is 8. The largest absolute Gasteiger partial charge is 0.493 e. The third-order valence-electron chi connectivity index (χ3n) is 5.43. The Bertz CT molecular complexity index is 1360. The van der Waals surface area contributed by atoms with Gasteiger partial charge >= 0.3 is 0 Å². The molecule has 5 aromatic rings. The van der Waals surface area contributed by atoms with Gasteiger partial charge in [-0.05, 0) is 43.7 Å². The Morgan fingerprint density at radius 1 is 0.706 bits per heavy atom. The first-order valence-corrected chi connectivity index (χ1v) is 11.1. The highest BCUT2D eigenvalue weighted by Crippen LogP contribution is 2.44. The van der Waals surface area contributed by atoms with Gasteiger partial charge in [-0.25, -0.2) is 19.9 Å². The van der Waals surface area contributed by atoms with Crippen LogP contribution in [0.15, 0.2) is 65.7 Å². The van der Waals surface area contributed by atoms with Crippen molar-refractivity contribution in [1.82, 2.24) is 39.5 Å². The predicted molar refractivity (Wildman–Crippen MR) is 126 cm³/mol. The van der Waals surface area contributed by atoms with Gasteiger partial charge in [-0.2, -0.15) is 19.6 Å². The molecular weight excluding hydrogens is 500 g/mol. The van der Waals surface area contributed by atoms with Crippen molar-refractivity contribution in [2.75, 3.05) is 0 Å². The minimum Gasteiger partial charge on any atom is -0.493 e. The lowest BCUT2D eigenvalue weighted by Crippen LogP contribution is -2.06. The van der Waals surface area contributed by atoms with Crippen LogP contribution in [0, 0.1) is 13.8 Å². The monoisotopic (exact) mass is 518 g/mol. The molecule has 10 nitrogen and oxygen atoms in total. The summed E-state index contributed by atoms with van der Waals surface area (Å²) in [4.78, 5) is 16.8. The van der Waals surface area contributed by atoms with E-state index in [2.05, 4.69) is 46.1 Å². The van der Waals surface area contributed by atoms with Crippen molar-refractivity contribution in [3.8, 4) is 23.7 Å². The summed E-state index contributed by atoms with van der Waals surface area (Å²) in [6, 6.07) is 11.0. The fourth-order valence-electron chi connectivity index (χ4n) is 3.94. The van der Waals surface area contributed by atoms with Crippen molar-refractivity contribution in [1.29, 1.82) is 0 Å². The third-order valence-corrected chi connectivity index (χ3v) is 5.96. The minimum atomic E-state index is -0.594. The molecule has 11 heteroatoms. The van der Waals surface area contributed by atoms with Crippen LogP contribution in [0.25, 0.3) is 11.9 Å². The third kappa shape index (κ3) is 3.69. The number of aromatic hydroxyl groups is 2. The van der Waals surface area contributed by atoms with E-state index in [0.717, 1.165) is 10.0 Å². The number of hydrogen-bond acceptors (Lipinski definition) is 8. The zero-order chi connectivity index (χ0) is 23.8. The number of aryl methyl sites for hydroxylation is 2. The molecular formula is C23H19BrN8O2. The zero-order valence-corrected chi connectivity index (χ0v) is 19.8. The van der Waals surface area contributed by atoms with Crippen molar-refractivity contribution in [3.63, 3.8) is 0 Å². The minimum absolute atomic E-state index is 0.126. The van der Waals surface area contributed by atoms with Gasteiger partial charge in [-0.15, -0.1) is 0 Å². The van der Waals surface area contributed by atoms with E-state index in [0.29, 0.717) is 22.5 Å². The van der Waals surface area contributed by atoms with E-state index in [4.69, 9.17) is 0 Å². The highest BCUT2D eigenvalue weighted by atomic mass is 79.9. The molecule has 2 N–H and O–H groups in total. The quantitative estimate of drug-likeness (QED) is 0.361. The van der Waals surface area contributed by atoms with Gasteiger partial charge in [-0.1, -0.05) is 28.1 Å². The molecule has 0 aliphatic rings. The average molecular weight is 519 g/mol. The first-order chi connectivity index (χ1) is 16.5. The van der Waals surface area contributed by atoms with E-state index in [1.165, 1.54) is 9.36 Å². The van der Waals surface area contributed by atoms with Gasteiger partial charge in [0.25, 0.3) is 11.9 Å². The Morgan fingerprint density at radius 3 is 1.53 bits per heavy atom. The second-order valence-electron chi connectivity index (χ2n) is 7.55. The normalized spacial score (nSPS) is 11.3. The fourth-order valence-corrected chi connectivity index (χ4v) is 4.21. The van der Waals surface area contributed by atoms with E-state index in [1.807, 2.05) is 24.3 Å². The summed E-state index contributed by atoms with van der Waals surface area (Å²) in [6.45, 7) is 3.58. The average Bonchev–Trinajstić information content (AvgIpc) is 3.32. The maximum atomic E-state index is 11.3. The van der Waals surface area contributed by atoms with Gasteiger partial charge in [0.15, 0.2) is 0 Å². The predicted octanol–water partition coefficient (Wildman–Crippen LogP) is 3.61. The number of nitrogens with zero attached hydrogens (tertiary/aromatic N) is 8. The number of rotatable bonds is 5. The maximum absolute atomic E-state index is 11.3. The molecule has 0 aliphatic heterocycles. The van der Waals surface area contributed by atoms with E-state index < -0.39 is 5.92 Å². The van der Waals surface area contributed by atoms with Crippen molar-refractivity contribution in [2.24, 2.45) is 0 Å². The first kappa shape index (κ1) is 21.7. The van der Waals surface area contributed by atoms with Crippen LogP contribution in [-0.4, -0.2) is 49.7 Å². The van der Waals surface area contributed by atoms with E-state index >= 15 is 0 Å². The molecule has 5 rings (SSSR count). The topological polar surface area (TPSA) is 128 Å². The van der Waals surface area contributed by atoms with Crippen LogP contribution >= 0.6 is 15.9 Å². The molecule has 0 aliphatic carbocycles. The zero-order valence-electron chi connectivity index (χ0n) is 18.2. The van der Waals surface area contributed by atoms with E-state index in [1.54, 1.807) is 50.8 Å². The van der Waals surface area contributed by atoms with Crippen LogP contribution in [-0.2, 0) is 0 Å². The standard InChI is InChI=1S/C23H19BrN8O2/c1-13-17(20(33)31(29-13)22-25-9-3-10-26-22)19(15-5-7-16(24)8-6-15)18-14(2)30-32(21(18)34)23-27-11-4-12-28-23/h3-12,19,33-34H,1-2H3. The second-order valence-corrected chi connectivity index (χ2v) is 8.47. The van der Waals surface area contributed by atoms with Gasteiger partial charge in [0.05, 0.1) is 11.4 Å². The molecule has 0 amide bonds. The summed E-state index contributed by atoms with van der Waals surface area (Å²) in [7, 11) is 0. The highest BCUT2D eigenvalue weighted by molar-refractivity contribution is 9.10. The summed E-state index contributed by atoms with van der Waals surface area (Å²) in [5.74, 6) is -0.377. The first-order valence-electron chi connectivity index (χ1n) is 10.3. The Hall–Kier alpha value is -4.12. The van der Waals surface area contributed by atoms with E-state index in [-0.39, 0.29) is 23.7 Å². The lowest BCUT2D eigenvalue weighted by Gasteiger charge is -2.18. The summed E-state index contributed by atoms with van der Waals surface area (Å²) < 4.78 is 3.47. The van der Waals surface area contributed by atoms with Crippen LogP contribution < -0.4 is 0 Å². The Labute approximate surface area is 202 Å². The van der Waals surface area contributed by atoms with Crippen molar-refractivity contribution in [3.05, 3.63) is 93.7 Å². The molecule has 1 aromatic carbocycles. The lowest BCUT2D eigenvalue weighted by molar-refractivity contribution is 0.417. The van der Waals surface area contributed by atoms with Crippen molar-refractivity contribution < 1.29 is 10.2 Å². The van der Waals surface area contributed by atoms with Gasteiger partial charge in [0, 0.05) is 46.3 Å². The molecule has 0 bridgehead atoms. The number of halogens is 1. The van der Waals surface area contributed by atoms with Crippen molar-refractivity contribution in [2.45, 2.75) is 19.8 Å². The summed E-state index contributed by atoms with van der Waals surface area (Å²) in [5.41, 5.74) is 2.94. The molecule has 4 heterocycles. The van der Waals surface area contributed by atoms with Gasteiger partial charge in [0.2, 0.25) is 11.8 Å². The molecule has 0 radical (unpaired) electrons. The molecule has 0 saturated heterocycles. The summed E-state index contributed by atoms with van der Waals surface area (Å²) in [6.07, 6.45) is 6.30. The SMILES string of the molecule is Cc1nn(-c2ncccn2)c(O)c1C(c1ccc(Br)cc1)c1c(C)nn(-c2ncccn2)c1O. The van der Waals surface area contributed by atoms with Crippen LogP contribution in [0.2, 0.25) is 0 Å². The molecule has 0 atom stereocenters. The number of benzene rings is 1. The van der Waals surface area contributed by atoms with Crippen LogP contribution in [0.3, 0.4) is 0 Å². The van der Waals surface area contributed by atoms with E-state index in [9.17, 15) is 10.2 Å². The molecule has 170 valence electrons. The second kappa shape index (κ2) is 8.67. The Kier molecular flexibility index (Phi) is 5.54. The van der Waals surface area contributed by atoms with Gasteiger partial charge in [-0.3, -0.25) is 0 Å². The molecule has 0 unspecified atom stereocenters. The van der Waals surface area contributed by atoms with Crippen molar-refractivity contribution >= 4 is 15.9 Å². The maximum Gasteiger partial charge on any atom is 0.253 e. The molecule has 4 aromatic heterocycles. The molecule has 0 saturated carbocycles. The Balaban J connectivity index is 1.75. The summed E-state index contributed by atoms with van der Waals surface area (Å²) >= 11 is 3.47. The lowest BCUT2D eigenvalue weighted by atomic mass is 9.85. The highest BCUT2D eigenvalue weighted by Gasteiger charge is 2.33. The summed E-state index contributed by atoms with van der Waals surface area (Å²) in [5, 5.41) is 31.6. The molecule has 0 spiro atoms. The van der Waals surface area contributed by atoms with Crippen LogP contribution in [0.1, 0.15) is 34.0 Å². The number of hydrogen-bond donors (Lipinski definition) is 2. The molecule has 0 fully saturated rings. The van der Waals surface area contributed by atoms with Gasteiger partial charge in [0.1, 0.15) is 0 Å². The van der Waals surface area contributed by atoms with Crippen LogP contribution in [0.5, 0.6) is 11.8 Å². The smallest absolute Gasteiger partial charge is 0.253 e. The molecule has 34 heavy (non-hydrogen) atoms. The fraction of sp³-hybridized carbons (Fsp3) is 0.130.